The van der Waals surface area contributed by atoms with E-state index in [1.165, 1.54) is 129 Å². The quantitative estimate of drug-likeness (QED) is 0.114. The Morgan fingerprint density at radius 1 is 0.534 bits per heavy atom. The third kappa shape index (κ3) is 20.2. The molecule has 332 valence electrons. The summed E-state index contributed by atoms with van der Waals surface area (Å²) in [4.78, 5) is 33.3. The standard InChI is InChI=1S/C17H29NP.C17H26O2P.2C5H10.C4H6O3.2Fe/c1-14(18(2)3)16-12-9-13-17(16)19(4,5)15-10-7-6-8-11-15;1-13(19-14(2)18)16-11-8-12-17(16)20(3,4)15-9-6-5-7-10-15;2*1-2-4-5-3-1;1-3(5)7-4(2)6;;/h6-8,10-11,14,16-17H,9,12-13H2,1-5H3;5-7,9-10,13,16-17H,8,11-12H2,1-4H3;2*1-5H2;1-2H3;;/q2*+1;;;;;/t14-,16?,17?;13-,16?,17?;;;;;/m11...../s1. The first kappa shape index (κ1) is 56.9. The molecule has 0 aromatic heterocycles. The zero-order valence-electron chi connectivity index (χ0n) is 38.1. The van der Waals surface area contributed by atoms with Crippen LogP contribution in [-0.2, 0) is 58.0 Å². The number of hydrogen-bond donors (Lipinski definition) is 0. The van der Waals surface area contributed by atoms with Crippen molar-refractivity contribution in [2.45, 2.75) is 161 Å². The zero-order valence-corrected chi connectivity index (χ0v) is 42.1. The van der Waals surface area contributed by atoms with Crippen molar-refractivity contribution in [3.8, 4) is 0 Å². The molecule has 0 amide bonds. The van der Waals surface area contributed by atoms with Gasteiger partial charge >= 0.3 is 17.9 Å². The van der Waals surface area contributed by atoms with E-state index in [0.717, 1.165) is 11.6 Å². The first-order valence-corrected chi connectivity index (χ1v) is 27.3. The van der Waals surface area contributed by atoms with E-state index < -0.39 is 26.5 Å². The fourth-order valence-electron chi connectivity index (χ4n) is 9.36. The molecule has 4 unspecified atom stereocenters. The maximum atomic E-state index is 11.2. The summed E-state index contributed by atoms with van der Waals surface area (Å²) in [6.45, 7) is 18.3. The van der Waals surface area contributed by atoms with Crippen LogP contribution in [0.25, 0.3) is 0 Å². The Labute approximate surface area is 377 Å². The second-order valence-corrected chi connectivity index (χ2v) is 26.2. The van der Waals surface area contributed by atoms with Crippen molar-refractivity contribution in [3.05, 3.63) is 60.7 Å². The third-order valence-corrected chi connectivity index (χ3v) is 20.6. The summed E-state index contributed by atoms with van der Waals surface area (Å²) in [6, 6.07) is 22.8. The number of hydrogen-bond acceptors (Lipinski definition) is 6. The van der Waals surface area contributed by atoms with Crippen molar-refractivity contribution >= 4 is 43.0 Å². The van der Waals surface area contributed by atoms with Crippen LogP contribution < -0.4 is 10.6 Å². The van der Waals surface area contributed by atoms with Crippen LogP contribution >= 0.6 is 14.5 Å². The number of rotatable bonds is 8. The topological polar surface area (TPSA) is 72.9 Å². The van der Waals surface area contributed by atoms with Crippen molar-refractivity contribution in [2.24, 2.45) is 11.8 Å². The third-order valence-electron chi connectivity index (χ3n) is 12.7. The molecule has 4 aliphatic rings. The smallest absolute Gasteiger partial charge is 0.310 e. The van der Waals surface area contributed by atoms with Gasteiger partial charge in [-0.05, 0) is 90.7 Å². The molecule has 4 fully saturated rings. The van der Waals surface area contributed by atoms with E-state index in [4.69, 9.17) is 4.74 Å². The van der Waals surface area contributed by atoms with Gasteiger partial charge in [0.1, 0.15) is 6.10 Å². The van der Waals surface area contributed by atoms with Crippen LogP contribution in [0.15, 0.2) is 60.7 Å². The fourth-order valence-corrected chi connectivity index (χ4v) is 16.4. The molecule has 0 aliphatic heterocycles. The van der Waals surface area contributed by atoms with Crippen LogP contribution in [0.4, 0.5) is 0 Å². The molecule has 0 heterocycles. The van der Waals surface area contributed by atoms with E-state index in [-0.39, 0.29) is 46.2 Å². The molecule has 0 saturated heterocycles. The van der Waals surface area contributed by atoms with Gasteiger partial charge < -0.3 is 14.4 Å². The predicted octanol–water partition coefficient (Wildman–Crippen LogP) is 11.4. The number of esters is 3. The van der Waals surface area contributed by atoms with E-state index in [0.29, 0.717) is 17.6 Å². The predicted molar refractivity (Wildman–Crippen MR) is 245 cm³/mol. The van der Waals surface area contributed by atoms with Gasteiger partial charge in [-0.2, -0.15) is 0 Å². The molecule has 4 saturated carbocycles. The first-order chi connectivity index (χ1) is 26.5. The van der Waals surface area contributed by atoms with Crippen LogP contribution in [0.2, 0.25) is 0 Å². The van der Waals surface area contributed by atoms with Crippen molar-refractivity contribution in [1.29, 1.82) is 0 Å². The normalized spacial score (nSPS) is 21.9. The van der Waals surface area contributed by atoms with Crippen molar-refractivity contribution < 1.29 is 58.0 Å². The summed E-state index contributed by atoms with van der Waals surface area (Å²) >= 11 is 0. The SMILES string of the molecule is C1CCCC1.C1CCCC1.CC(=O)OC(C)=O.CC(=O)O[C@H](C)C1CCCC1[P+](C)(C)c1ccccc1.C[C@H](C1CCCC1[P+](C)(C)c1ccccc1)N(C)C.[Fe].[Fe]. The molecule has 10 heteroatoms. The molecule has 0 bridgehead atoms. The van der Waals surface area contributed by atoms with E-state index in [1.54, 1.807) is 5.30 Å². The Kier molecular flexibility index (Phi) is 29.5. The summed E-state index contributed by atoms with van der Waals surface area (Å²) in [5, 5.41) is 3.10. The molecule has 6 rings (SSSR count). The average Bonchev–Trinajstić information content (AvgIpc) is 4.00. The number of ether oxygens (including phenoxy) is 2. The van der Waals surface area contributed by atoms with E-state index in [9.17, 15) is 14.4 Å². The van der Waals surface area contributed by atoms with Gasteiger partial charge in [0.15, 0.2) is 0 Å². The van der Waals surface area contributed by atoms with Crippen LogP contribution in [0.3, 0.4) is 0 Å². The van der Waals surface area contributed by atoms with Crippen molar-refractivity contribution in [1.82, 2.24) is 4.90 Å². The van der Waals surface area contributed by atoms with Crippen molar-refractivity contribution in [2.75, 3.05) is 40.8 Å². The Hall–Kier alpha value is -1.09. The Balaban J connectivity index is 0.000000782. The molecule has 2 aromatic carbocycles. The Bertz CT molecular complexity index is 1370. The fraction of sp³-hybridized carbons (Fsp3) is 0.688. The molecular formula is C48H81Fe2NO5P2+2. The van der Waals surface area contributed by atoms with Gasteiger partial charge in [-0.25, -0.2) is 0 Å². The molecule has 6 atom stereocenters. The maximum absolute atomic E-state index is 11.2. The molecule has 0 radical (unpaired) electrons. The van der Waals surface area contributed by atoms with Gasteiger partial charge in [0.2, 0.25) is 0 Å². The molecule has 4 aliphatic carbocycles. The minimum absolute atomic E-state index is 0. The van der Waals surface area contributed by atoms with E-state index in [1.807, 2.05) is 0 Å². The summed E-state index contributed by atoms with van der Waals surface area (Å²) in [5.41, 5.74) is 1.59. The minimum Gasteiger partial charge on any atom is -0.462 e. The zero-order chi connectivity index (χ0) is 41.7. The second-order valence-electron chi connectivity index (χ2n) is 17.7. The van der Waals surface area contributed by atoms with E-state index >= 15 is 0 Å². The van der Waals surface area contributed by atoms with Gasteiger partial charge in [-0.3, -0.25) is 14.4 Å². The molecule has 58 heavy (non-hydrogen) atoms. The summed E-state index contributed by atoms with van der Waals surface area (Å²) in [7, 11) is 2.25. The monoisotopic (exact) mass is 925 g/mol. The summed E-state index contributed by atoms with van der Waals surface area (Å²) in [6.07, 6.45) is 23.0. The molecule has 2 aromatic rings. The number of nitrogens with zero attached hydrogens (tertiary/aromatic N) is 1. The largest absolute Gasteiger partial charge is 0.462 e. The van der Waals surface area contributed by atoms with E-state index in [2.05, 4.69) is 125 Å². The van der Waals surface area contributed by atoms with Gasteiger partial charge in [0.05, 0.1) is 48.6 Å². The molecule has 0 N–H and O–H groups in total. The van der Waals surface area contributed by atoms with Gasteiger partial charge in [-0.15, -0.1) is 0 Å². The molecule has 6 nitrogen and oxygen atoms in total. The minimum atomic E-state index is -1.19. The summed E-state index contributed by atoms with van der Waals surface area (Å²) < 4.78 is 9.45. The van der Waals surface area contributed by atoms with Crippen molar-refractivity contribution in [3.63, 3.8) is 0 Å². The van der Waals surface area contributed by atoms with Gasteiger partial charge in [0.25, 0.3) is 0 Å². The number of carbonyl (C=O) groups excluding carboxylic acids is 3. The number of carbonyl (C=O) groups is 3. The Morgan fingerprint density at radius 2 is 0.862 bits per heavy atom. The molecular weight excluding hydrogens is 844 g/mol. The number of benzene rings is 2. The van der Waals surface area contributed by atoms with Gasteiger partial charge in [-0.1, -0.05) is 101 Å². The average molecular weight is 926 g/mol. The van der Waals surface area contributed by atoms with Crippen LogP contribution in [0, 0.1) is 11.8 Å². The van der Waals surface area contributed by atoms with Crippen LogP contribution in [0.1, 0.15) is 137 Å². The Morgan fingerprint density at radius 3 is 1.16 bits per heavy atom. The van der Waals surface area contributed by atoms with Crippen LogP contribution in [-0.4, -0.2) is 87.0 Å². The van der Waals surface area contributed by atoms with Crippen LogP contribution in [0.5, 0.6) is 0 Å². The maximum Gasteiger partial charge on any atom is 0.310 e. The molecule has 0 spiro atoms. The summed E-state index contributed by atoms with van der Waals surface area (Å²) in [5.74, 6) is 0.111. The van der Waals surface area contributed by atoms with Gasteiger partial charge in [0, 0.05) is 87.3 Å². The second kappa shape index (κ2) is 30.0. The first-order valence-electron chi connectivity index (χ1n) is 21.8.